The third-order valence-electron chi connectivity index (χ3n) is 3.03. The normalized spacial score (nSPS) is 10.6. The van der Waals surface area contributed by atoms with Gasteiger partial charge >= 0.3 is 0 Å². The highest BCUT2D eigenvalue weighted by Crippen LogP contribution is 2.22. The number of nitrogens with two attached hydrogens (primary N) is 1. The zero-order valence-corrected chi connectivity index (χ0v) is 13.0. The number of hydrogen-bond acceptors (Lipinski definition) is 3. The van der Waals surface area contributed by atoms with Crippen LogP contribution in [0.2, 0.25) is 0 Å². The van der Waals surface area contributed by atoms with Gasteiger partial charge in [-0.3, -0.25) is 9.89 Å². The van der Waals surface area contributed by atoms with E-state index in [0.717, 1.165) is 34.3 Å². The van der Waals surface area contributed by atoms with Crippen molar-refractivity contribution < 1.29 is 4.79 Å². The van der Waals surface area contributed by atoms with Crippen LogP contribution in [-0.2, 0) is 6.42 Å². The van der Waals surface area contributed by atoms with Gasteiger partial charge in [-0.1, -0.05) is 29.3 Å². The standard InChI is InChI=1S/C14H17BrN4O/c1-3-4-11-12(16)13(19-18-11)14(20)17-10-6-5-9(15)7-8(10)2/h5-7H,3-4,16H2,1-2H3,(H,17,20)(H,18,19). The van der Waals surface area contributed by atoms with Crippen molar-refractivity contribution >= 4 is 33.2 Å². The fourth-order valence-corrected chi connectivity index (χ4v) is 2.42. The van der Waals surface area contributed by atoms with E-state index in [9.17, 15) is 4.79 Å². The van der Waals surface area contributed by atoms with Crippen LogP contribution in [0.4, 0.5) is 11.4 Å². The highest BCUT2D eigenvalue weighted by molar-refractivity contribution is 9.10. The Labute approximate surface area is 126 Å². The average Bonchev–Trinajstić information content (AvgIpc) is 2.75. The first-order chi connectivity index (χ1) is 9.52. The van der Waals surface area contributed by atoms with E-state index in [4.69, 9.17) is 5.73 Å². The number of rotatable bonds is 4. The zero-order valence-electron chi connectivity index (χ0n) is 11.5. The number of aromatic amines is 1. The summed E-state index contributed by atoms with van der Waals surface area (Å²) in [5.41, 5.74) is 9.15. The Kier molecular flexibility index (Phi) is 4.44. The summed E-state index contributed by atoms with van der Waals surface area (Å²) in [4.78, 5) is 12.2. The number of halogens is 1. The van der Waals surface area contributed by atoms with E-state index in [-0.39, 0.29) is 11.6 Å². The minimum absolute atomic E-state index is 0.246. The molecular formula is C14H17BrN4O. The van der Waals surface area contributed by atoms with Crippen molar-refractivity contribution in [2.75, 3.05) is 11.1 Å². The van der Waals surface area contributed by atoms with Gasteiger partial charge in [0.2, 0.25) is 0 Å². The van der Waals surface area contributed by atoms with Crippen LogP contribution in [0.15, 0.2) is 22.7 Å². The summed E-state index contributed by atoms with van der Waals surface area (Å²) >= 11 is 3.39. The summed E-state index contributed by atoms with van der Waals surface area (Å²) < 4.78 is 0.970. The Hall–Kier alpha value is -1.82. The number of amides is 1. The number of anilines is 2. The number of H-pyrrole nitrogens is 1. The number of aryl methyl sites for hydroxylation is 2. The highest BCUT2D eigenvalue weighted by Gasteiger charge is 2.17. The van der Waals surface area contributed by atoms with Crippen LogP contribution in [0.25, 0.3) is 0 Å². The van der Waals surface area contributed by atoms with Crippen LogP contribution in [0, 0.1) is 6.92 Å². The summed E-state index contributed by atoms with van der Waals surface area (Å²) in [6.07, 6.45) is 1.72. The monoisotopic (exact) mass is 336 g/mol. The molecule has 1 amide bonds. The predicted molar refractivity (Wildman–Crippen MR) is 83.8 cm³/mol. The first kappa shape index (κ1) is 14.6. The summed E-state index contributed by atoms with van der Waals surface area (Å²) in [6.45, 7) is 3.97. The van der Waals surface area contributed by atoms with Crippen LogP contribution < -0.4 is 11.1 Å². The van der Waals surface area contributed by atoms with E-state index < -0.39 is 0 Å². The Morgan fingerprint density at radius 2 is 2.25 bits per heavy atom. The molecule has 4 N–H and O–H groups in total. The lowest BCUT2D eigenvalue weighted by atomic mass is 10.2. The van der Waals surface area contributed by atoms with E-state index in [1.54, 1.807) is 0 Å². The molecular weight excluding hydrogens is 320 g/mol. The maximum absolute atomic E-state index is 12.2. The van der Waals surface area contributed by atoms with Gasteiger partial charge in [-0.25, -0.2) is 0 Å². The van der Waals surface area contributed by atoms with E-state index in [1.807, 2.05) is 32.0 Å². The van der Waals surface area contributed by atoms with E-state index in [2.05, 4.69) is 31.4 Å². The maximum Gasteiger partial charge on any atom is 0.278 e. The van der Waals surface area contributed by atoms with Gasteiger partial charge in [-0.05, 0) is 37.1 Å². The minimum atomic E-state index is -0.300. The molecule has 0 fully saturated rings. The van der Waals surface area contributed by atoms with Crippen LogP contribution in [0.5, 0.6) is 0 Å². The molecule has 106 valence electrons. The van der Waals surface area contributed by atoms with Crippen molar-refractivity contribution in [3.8, 4) is 0 Å². The lowest BCUT2D eigenvalue weighted by Gasteiger charge is -2.07. The summed E-state index contributed by atoms with van der Waals surface area (Å²) in [7, 11) is 0. The molecule has 0 spiro atoms. The quantitative estimate of drug-likeness (QED) is 0.801. The second-order valence-electron chi connectivity index (χ2n) is 4.63. The van der Waals surface area contributed by atoms with Crippen molar-refractivity contribution in [1.82, 2.24) is 10.2 Å². The van der Waals surface area contributed by atoms with Crippen molar-refractivity contribution in [3.05, 3.63) is 39.6 Å². The van der Waals surface area contributed by atoms with Crippen molar-refractivity contribution in [1.29, 1.82) is 0 Å². The molecule has 1 aromatic carbocycles. The lowest BCUT2D eigenvalue weighted by Crippen LogP contribution is -2.15. The first-order valence-corrected chi connectivity index (χ1v) is 7.22. The predicted octanol–water partition coefficient (Wildman–Crippen LogP) is 3.27. The number of nitrogens with one attached hydrogen (secondary N) is 2. The fraction of sp³-hybridized carbons (Fsp3) is 0.286. The van der Waals surface area contributed by atoms with Gasteiger partial charge in [-0.2, -0.15) is 5.10 Å². The minimum Gasteiger partial charge on any atom is -0.395 e. The van der Waals surface area contributed by atoms with Gasteiger partial charge in [0.1, 0.15) is 0 Å². The number of carbonyl (C=O) groups is 1. The lowest BCUT2D eigenvalue weighted by molar-refractivity contribution is 0.102. The molecule has 6 heteroatoms. The summed E-state index contributed by atoms with van der Waals surface area (Å²) in [6, 6.07) is 5.65. The second-order valence-corrected chi connectivity index (χ2v) is 5.54. The summed E-state index contributed by atoms with van der Waals surface area (Å²) in [5, 5.41) is 9.66. The van der Waals surface area contributed by atoms with E-state index >= 15 is 0 Å². The SMILES string of the molecule is CCCc1[nH]nc(C(=O)Nc2ccc(Br)cc2C)c1N. The molecule has 20 heavy (non-hydrogen) atoms. The van der Waals surface area contributed by atoms with E-state index in [0.29, 0.717) is 5.69 Å². The van der Waals surface area contributed by atoms with Crippen molar-refractivity contribution in [2.24, 2.45) is 0 Å². The molecule has 2 aromatic rings. The molecule has 0 aliphatic heterocycles. The van der Waals surface area contributed by atoms with Gasteiger partial charge in [-0.15, -0.1) is 0 Å². The van der Waals surface area contributed by atoms with Gasteiger partial charge in [0, 0.05) is 10.2 Å². The maximum atomic E-state index is 12.2. The van der Waals surface area contributed by atoms with E-state index in [1.165, 1.54) is 0 Å². The first-order valence-electron chi connectivity index (χ1n) is 6.43. The Morgan fingerprint density at radius 3 is 2.90 bits per heavy atom. The topological polar surface area (TPSA) is 83.8 Å². The number of aromatic nitrogens is 2. The number of nitrogen functional groups attached to an aromatic ring is 1. The average molecular weight is 337 g/mol. The van der Waals surface area contributed by atoms with Crippen LogP contribution in [-0.4, -0.2) is 16.1 Å². The van der Waals surface area contributed by atoms with Crippen LogP contribution >= 0.6 is 15.9 Å². The largest absolute Gasteiger partial charge is 0.395 e. The zero-order chi connectivity index (χ0) is 14.7. The molecule has 0 saturated heterocycles. The fourth-order valence-electron chi connectivity index (χ4n) is 1.95. The smallest absolute Gasteiger partial charge is 0.278 e. The second kappa shape index (κ2) is 6.09. The molecule has 0 radical (unpaired) electrons. The molecule has 2 rings (SSSR count). The number of benzene rings is 1. The van der Waals surface area contributed by atoms with Crippen molar-refractivity contribution in [2.45, 2.75) is 26.7 Å². The number of carbonyl (C=O) groups excluding carboxylic acids is 1. The van der Waals surface area contributed by atoms with Gasteiger partial charge in [0.05, 0.1) is 11.4 Å². The van der Waals surface area contributed by atoms with Crippen molar-refractivity contribution in [3.63, 3.8) is 0 Å². The molecule has 0 bridgehead atoms. The Morgan fingerprint density at radius 1 is 1.50 bits per heavy atom. The van der Waals surface area contributed by atoms with Gasteiger partial charge < -0.3 is 11.1 Å². The Bertz CT molecular complexity index is 636. The molecule has 0 atom stereocenters. The third-order valence-corrected chi connectivity index (χ3v) is 3.53. The van der Waals surface area contributed by atoms with Crippen LogP contribution in [0.3, 0.4) is 0 Å². The molecule has 0 aliphatic carbocycles. The third kappa shape index (κ3) is 3.01. The number of nitrogens with zero attached hydrogens (tertiary/aromatic N) is 1. The summed E-state index contributed by atoms with van der Waals surface area (Å²) in [5.74, 6) is -0.300. The molecule has 1 aromatic heterocycles. The molecule has 0 unspecified atom stereocenters. The Balaban J connectivity index is 2.20. The molecule has 0 saturated carbocycles. The van der Waals surface area contributed by atoms with Gasteiger partial charge in [0.15, 0.2) is 5.69 Å². The van der Waals surface area contributed by atoms with Crippen LogP contribution in [0.1, 0.15) is 35.1 Å². The molecule has 5 nitrogen and oxygen atoms in total. The molecule has 1 heterocycles. The molecule has 0 aliphatic rings. The van der Waals surface area contributed by atoms with Gasteiger partial charge in [0.25, 0.3) is 5.91 Å². The number of hydrogen-bond donors (Lipinski definition) is 3. The highest BCUT2D eigenvalue weighted by atomic mass is 79.9.